The van der Waals surface area contributed by atoms with Crippen LogP contribution in [0.3, 0.4) is 0 Å². The first-order valence-electron chi connectivity index (χ1n) is 12.0. The van der Waals surface area contributed by atoms with Gasteiger partial charge in [0.15, 0.2) is 6.04 Å². The average molecular weight is 479 g/mol. The summed E-state index contributed by atoms with van der Waals surface area (Å²) in [7, 11) is 1.63. The van der Waals surface area contributed by atoms with E-state index in [-0.39, 0.29) is 6.61 Å². The summed E-state index contributed by atoms with van der Waals surface area (Å²) >= 11 is 0. The van der Waals surface area contributed by atoms with E-state index < -0.39 is 18.1 Å². The zero-order valence-corrected chi connectivity index (χ0v) is 20.5. The fourth-order valence-electron chi connectivity index (χ4n) is 4.01. The summed E-state index contributed by atoms with van der Waals surface area (Å²) in [5.41, 5.74) is 4.34. The Morgan fingerprint density at radius 3 is 1.81 bits per heavy atom. The second-order valence-corrected chi connectivity index (χ2v) is 8.17. The molecule has 0 aliphatic carbocycles. The van der Waals surface area contributed by atoms with Gasteiger partial charge in [-0.3, -0.25) is 4.99 Å². The van der Waals surface area contributed by atoms with Crippen molar-refractivity contribution in [3.63, 3.8) is 0 Å². The summed E-state index contributed by atoms with van der Waals surface area (Å²) in [6.45, 7) is 2.07. The van der Waals surface area contributed by atoms with Gasteiger partial charge in [0.2, 0.25) is 0 Å². The number of carbonyl (C=O) groups excluding carboxylic acids is 1. The van der Waals surface area contributed by atoms with E-state index in [1.54, 1.807) is 14.0 Å². The fourth-order valence-corrected chi connectivity index (χ4v) is 4.01. The Morgan fingerprint density at radius 1 is 0.778 bits per heavy atom. The molecule has 1 N–H and O–H groups in total. The van der Waals surface area contributed by atoms with E-state index in [0.29, 0.717) is 0 Å². The Hall–Kier alpha value is -4.38. The lowest BCUT2D eigenvalue weighted by molar-refractivity contribution is -0.145. The van der Waals surface area contributed by atoms with Crippen LogP contribution in [0.2, 0.25) is 0 Å². The topological polar surface area (TPSA) is 59.9 Å². The Bertz CT molecular complexity index is 1220. The number of ether oxygens (including phenoxy) is 2. The zero-order chi connectivity index (χ0) is 25.2. The van der Waals surface area contributed by atoms with Crippen molar-refractivity contribution in [3.05, 3.63) is 132 Å². The lowest BCUT2D eigenvalue weighted by Gasteiger charge is -2.27. The summed E-state index contributed by atoms with van der Waals surface area (Å²) < 4.78 is 10.9. The molecule has 5 nitrogen and oxygen atoms in total. The molecular weight excluding hydrogens is 448 g/mol. The van der Waals surface area contributed by atoms with Crippen LogP contribution in [0.1, 0.15) is 29.7 Å². The predicted octanol–water partition coefficient (Wildman–Crippen LogP) is 6.32. The van der Waals surface area contributed by atoms with Crippen molar-refractivity contribution in [1.82, 2.24) is 0 Å². The summed E-state index contributed by atoms with van der Waals surface area (Å²) in [5.74, 6) is 0.341. The number of aliphatic imine (C=N–C) groups is 1. The summed E-state index contributed by atoms with van der Waals surface area (Å²) in [4.78, 5) is 18.6. The maximum Gasteiger partial charge on any atom is 0.333 e. The van der Waals surface area contributed by atoms with Crippen LogP contribution in [-0.4, -0.2) is 31.4 Å². The highest BCUT2D eigenvalue weighted by Gasteiger charge is 2.32. The average Bonchev–Trinajstić information content (AvgIpc) is 2.94. The van der Waals surface area contributed by atoms with Gasteiger partial charge in [0.25, 0.3) is 0 Å². The molecule has 0 aliphatic rings. The number of carbonyl (C=O) groups is 1. The van der Waals surface area contributed by atoms with Gasteiger partial charge < -0.3 is 14.8 Å². The molecule has 4 aromatic rings. The molecule has 0 heterocycles. The van der Waals surface area contributed by atoms with Gasteiger partial charge in [-0.1, -0.05) is 91.0 Å². The van der Waals surface area contributed by atoms with E-state index in [4.69, 9.17) is 14.5 Å². The lowest BCUT2D eigenvalue weighted by atomic mass is 9.96. The molecule has 0 spiro atoms. The number of methoxy groups -OCH3 is 1. The fraction of sp³-hybridized carbons (Fsp3) is 0.161. The van der Waals surface area contributed by atoms with Crippen LogP contribution in [0.15, 0.2) is 120 Å². The number of rotatable bonds is 10. The summed E-state index contributed by atoms with van der Waals surface area (Å²) in [5, 5.41) is 3.53. The van der Waals surface area contributed by atoms with Crippen LogP contribution in [0, 0.1) is 0 Å². The smallest absolute Gasteiger partial charge is 0.333 e. The van der Waals surface area contributed by atoms with Crippen molar-refractivity contribution in [2.24, 2.45) is 4.99 Å². The molecule has 36 heavy (non-hydrogen) atoms. The van der Waals surface area contributed by atoms with Crippen LogP contribution in [0.4, 0.5) is 5.69 Å². The van der Waals surface area contributed by atoms with Crippen molar-refractivity contribution < 1.29 is 14.3 Å². The molecule has 0 saturated carbocycles. The molecule has 0 amide bonds. The normalized spacial score (nSPS) is 12.2. The van der Waals surface area contributed by atoms with Gasteiger partial charge in [-0.05, 0) is 36.8 Å². The summed E-state index contributed by atoms with van der Waals surface area (Å²) in [6, 6.07) is 35.9. The molecule has 0 aromatic heterocycles. The molecule has 2 atom stereocenters. The van der Waals surface area contributed by atoms with Gasteiger partial charge >= 0.3 is 5.97 Å². The minimum atomic E-state index is -0.853. The molecule has 0 fully saturated rings. The molecule has 182 valence electrons. The van der Waals surface area contributed by atoms with Gasteiger partial charge in [0.1, 0.15) is 5.75 Å². The monoisotopic (exact) mass is 478 g/mol. The highest BCUT2D eigenvalue weighted by molar-refractivity contribution is 6.13. The molecule has 5 heteroatoms. The number of nitrogens with one attached hydrogen (secondary N) is 1. The molecule has 0 aliphatic heterocycles. The predicted molar refractivity (Wildman–Crippen MR) is 145 cm³/mol. The molecule has 2 unspecified atom stereocenters. The largest absolute Gasteiger partial charge is 0.497 e. The van der Waals surface area contributed by atoms with Gasteiger partial charge in [0, 0.05) is 16.8 Å². The summed E-state index contributed by atoms with van der Waals surface area (Å²) in [6.07, 6.45) is 0. The molecule has 4 aromatic carbocycles. The van der Waals surface area contributed by atoms with E-state index in [1.807, 2.05) is 115 Å². The van der Waals surface area contributed by atoms with E-state index in [9.17, 15) is 4.79 Å². The van der Waals surface area contributed by atoms with Crippen molar-refractivity contribution >= 4 is 17.4 Å². The second kappa shape index (κ2) is 12.4. The minimum absolute atomic E-state index is 0.261. The highest BCUT2D eigenvalue weighted by atomic mass is 16.5. The lowest BCUT2D eigenvalue weighted by Crippen LogP contribution is -2.34. The number of benzene rings is 4. The maximum atomic E-state index is 13.5. The highest BCUT2D eigenvalue weighted by Crippen LogP contribution is 2.29. The van der Waals surface area contributed by atoms with Gasteiger partial charge in [0.05, 0.1) is 25.5 Å². The Kier molecular flexibility index (Phi) is 8.49. The number of anilines is 1. The number of esters is 1. The molecule has 0 saturated heterocycles. The van der Waals surface area contributed by atoms with Crippen LogP contribution < -0.4 is 10.1 Å². The third-order valence-corrected chi connectivity index (χ3v) is 5.78. The zero-order valence-electron chi connectivity index (χ0n) is 20.5. The van der Waals surface area contributed by atoms with Crippen molar-refractivity contribution in [1.29, 1.82) is 0 Å². The van der Waals surface area contributed by atoms with Crippen molar-refractivity contribution in [2.45, 2.75) is 19.0 Å². The third kappa shape index (κ3) is 6.19. The molecule has 0 bridgehead atoms. The molecule has 0 radical (unpaired) electrons. The van der Waals surface area contributed by atoms with E-state index in [1.165, 1.54) is 0 Å². The second-order valence-electron chi connectivity index (χ2n) is 8.17. The third-order valence-electron chi connectivity index (χ3n) is 5.78. The SMILES string of the molecule is CCOC(=O)C(N=C(c1ccccc1)c1ccccc1)C(Nc1ccccc1)c1ccc(OC)cc1. The number of para-hydroxylation sites is 1. The minimum Gasteiger partial charge on any atom is -0.497 e. The van der Waals surface area contributed by atoms with Crippen LogP contribution in [0.5, 0.6) is 5.75 Å². The van der Waals surface area contributed by atoms with Crippen molar-refractivity contribution in [3.8, 4) is 5.75 Å². The van der Waals surface area contributed by atoms with Crippen LogP contribution >= 0.6 is 0 Å². The first-order chi connectivity index (χ1) is 17.7. The molecule has 4 rings (SSSR count). The van der Waals surface area contributed by atoms with Crippen LogP contribution in [-0.2, 0) is 9.53 Å². The maximum absolute atomic E-state index is 13.5. The first-order valence-corrected chi connectivity index (χ1v) is 12.0. The Labute approximate surface area is 212 Å². The van der Waals surface area contributed by atoms with E-state index in [0.717, 1.165) is 33.8 Å². The molecular formula is C31H30N2O3. The van der Waals surface area contributed by atoms with Gasteiger partial charge in [-0.2, -0.15) is 0 Å². The van der Waals surface area contributed by atoms with Crippen molar-refractivity contribution in [2.75, 3.05) is 19.0 Å². The van der Waals surface area contributed by atoms with E-state index in [2.05, 4.69) is 5.32 Å². The Balaban J connectivity index is 1.87. The van der Waals surface area contributed by atoms with Gasteiger partial charge in [-0.25, -0.2) is 4.79 Å². The number of hydrogen-bond donors (Lipinski definition) is 1. The first kappa shape index (κ1) is 24.7. The van der Waals surface area contributed by atoms with Gasteiger partial charge in [-0.15, -0.1) is 0 Å². The van der Waals surface area contributed by atoms with Crippen LogP contribution in [0.25, 0.3) is 0 Å². The number of hydrogen-bond acceptors (Lipinski definition) is 5. The standard InChI is InChI=1S/C31H30N2O3/c1-3-36-31(34)30(33-28(23-13-7-4-8-14-23)24-15-9-5-10-16-24)29(32-26-17-11-6-12-18-26)25-19-21-27(35-2)22-20-25/h4-22,29-30,32H,3H2,1-2H3. The Morgan fingerprint density at radius 2 is 1.31 bits per heavy atom. The quantitative estimate of drug-likeness (QED) is 0.214. The number of nitrogens with zero attached hydrogens (tertiary/aromatic N) is 1. The van der Waals surface area contributed by atoms with E-state index >= 15 is 0 Å².